The predicted molar refractivity (Wildman–Crippen MR) is 165 cm³/mol. The van der Waals surface area contributed by atoms with Crippen LogP contribution in [-0.2, 0) is 28.3 Å². The third kappa shape index (κ3) is 8.66. The highest BCUT2D eigenvalue weighted by Crippen LogP contribution is 2.29. The minimum absolute atomic E-state index is 0.105. The Morgan fingerprint density at radius 2 is 1.62 bits per heavy atom. The van der Waals surface area contributed by atoms with Gasteiger partial charge in [0.15, 0.2) is 0 Å². The van der Waals surface area contributed by atoms with Crippen LogP contribution in [0.4, 0.5) is 0 Å². The summed E-state index contributed by atoms with van der Waals surface area (Å²) in [7, 11) is 1.62. The Hall–Kier alpha value is -2.67. The number of hydrogen-bond donors (Lipinski definition) is 1. The summed E-state index contributed by atoms with van der Waals surface area (Å²) in [6.45, 7) is 0.291. The number of hydrogen-bond acceptors (Lipinski definition) is 4. The summed E-state index contributed by atoms with van der Waals surface area (Å²) in [5.41, 5.74) is 2.71. The van der Waals surface area contributed by atoms with E-state index in [0.717, 1.165) is 42.4 Å². The molecular formula is C32H36Cl2N2O3S. The van der Waals surface area contributed by atoms with Crippen molar-refractivity contribution in [3.05, 3.63) is 99.5 Å². The van der Waals surface area contributed by atoms with E-state index in [1.54, 1.807) is 30.2 Å². The Kier molecular flexibility index (Phi) is 11.6. The zero-order chi connectivity index (χ0) is 28.3. The van der Waals surface area contributed by atoms with Crippen molar-refractivity contribution in [1.82, 2.24) is 10.2 Å². The van der Waals surface area contributed by atoms with E-state index in [1.807, 2.05) is 54.6 Å². The lowest BCUT2D eigenvalue weighted by atomic mass is 9.94. The molecule has 1 fully saturated rings. The number of ether oxygens (including phenoxy) is 1. The fourth-order valence-electron chi connectivity index (χ4n) is 5.06. The smallest absolute Gasteiger partial charge is 0.243 e. The normalized spacial score (nSPS) is 14.4. The van der Waals surface area contributed by atoms with Gasteiger partial charge in [0, 0.05) is 34.8 Å². The number of carbonyl (C=O) groups excluding carboxylic acids is 2. The van der Waals surface area contributed by atoms with Gasteiger partial charge < -0.3 is 15.0 Å². The maximum Gasteiger partial charge on any atom is 0.243 e. The van der Waals surface area contributed by atoms with Gasteiger partial charge in [0.1, 0.15) is 11.8 Å². The molecule has 0 aromatic heterocycles. The third-order valence-corrected chi connectivity index (χ3v) is 8.90. The molecule has 212 valence electrons. The molecular weight excluding hydrogens is 563 g/mol. The lowest BCUT2D eigenvalue weighted by Crippen LogP contribution is -2.53. The molecule has 0 saturated heterocycles. The monoisotopic (exact) mass is 598 g/mol. The maximum atomic E-state index is 13.9. The summed E-state index contributed by atoms with van der Waals surface area (Å²) in [5.74, 6) is 1.17. The zero-order valence-electron chi connectivity index (χ0n) is 22.8. The summed E-state index contributed by atoms with van der Waals surface area (Å²) in [6, 6.07) is 22.4. The average Bonchev–Trinajstić information content (AvgIpc) is 2.97. The number of methoxy groups -OCH3 is 1. The van der Waals surface area contributed by atoms with Crippen molar-refractivity contribution in [3.8, 4) is 5.75 Å². The van der Waals surface area contributed by atoms with E-state index in [0.29, 0.717) is 34.5 Å². The first-order valence-corrected chi connectivity index (χ1v) is 15.6. The van der Waals surface area contributed by atoms with E-state index < -0.39 is 6.04 Å². The number of thioether (sulfide) groups is 1. The van der Waals surface area contributed by atoms with Crippen molar-refractivity contribution in [3.63, 3.8) is 0 Å². The molecule has 3 aromatic rings. The minimum Gasteiger partial charge on any atom is -0.497 e. The first-order valence-electron chi connectivity index (χ1n) is 13.7. The minimum atomic E-state index is -0.660. The second kappa shape index (κ2) is 15.4. The molecule has 0 spiro atoms. The molecule has 1 N–H and O–H groups in total. The summed E-state index contributed by atoms with van der Waals surface area (Å²) in [4.78, 5) is 29.5. The first-order chi connectivity index (χ1) is 19.4. The molecule has 0 aliphatic heterocycles. The van der Waals surface area contributed by atoms with Crippen molar-refractivity contribution in [2.24, 2.45) is 0 Å². The topological polar surface area (TPSA) is 58.6 Å². The fraction of sp³-hybridized carbons (Fsp3) is 0.375. The van der Waals surface area contributed by atoms with Crippen LogP contribution in [0.25, 0.3) is 0 Å². The van der Waals surface area contributed by atoms with Crippen molar-refractivity contribution in [2.75, 3.05) is 12.9 Å². The average molecular weight is 600 g/mol. The molecule has 0 bridgehead atoms. The molecule has 1 aliphatic carbocycles. The number of benzene rings is 3. The van der Waals surface area contributed by atoms with Crippen LogP contribution in [0, 0.1) is 0 Å². The fourth-order valence-corrected chi connectivity index (χ4v) is 6.71. The van der Waals surface area contributed by atoms with E-state index in [-0.39, 0.29) is 23.6 Å². The molecule has 0 heterocycles. The highest BCUT2D eigenvalue weighted by Gasteiger charge is 2.32. The summed E-state index contributed by atoms with van der Waals surface area (Å²) >= 11 is 14.2. The zero-order valence-corrected chi connectivity index (χ0v) is 25.1. The Balaban J connectivity index is 1.59. The van der Waals surface area contributed by atoms with Crippen LogP contribution in [0.15, 0.2) is 72.8 Å². The molecule has 4 rings (SSSR count). The van der Waals surface area contributed by atoms with Gasteiger partial charge in [0.2, 0.25) is 11.8 Å². The van der Waals surface area contributed by atoms with E-state index >= 15 is 0 Å². The number of amides is 2. The molecule has 5 nitrogen and oxygen atoms in total. The predicted octanol–water partition coefficient (Wildman–Crippen LogP) is 7.32. The molecule has 1 aliphatic rings. The lowest BCUT2D eigenvalue weighted by Gasteiger charge is -2.33. The van der Waals surface area contributed by atoms with Crippen LogP contribution >= 0.6 is 35.0 Å². The van der Waals surface area contributed by atoms with E-state index in [2.05, 4.69) is 5.32 Å². The van der Waals surface area contributed by atoms with Gasteiger partial charge in [-0.25, -0.2) is 0 Å². The molecule has 1 saturated carbocycles. The van der Waals surface area contributed by atoms with Crippen LogP contribution in [0.1, 0.15) is 48.8 Å². The summed E-state index contributed by atoms with van der Waals surface area (Å²) in [6.07, 6.45) is 5.80. The standard InChI is InChI=1S/C32H36Cl2N2O3S/c1-39-26-15-8-12-24(18-26)20-36(31(37)22-40-21-27-28(33)16-9-17-29(27)34)30(19-23-10-4-2-5-11-23)32(38)35-25-13-6-3-7-14-25/h2,4-5,8-12,15-18,25,30H,3,6-7,13-14,19-22H2,1H3,(H,35,38). The van der Waals surface area contributed by atoms with Crippen molar-refractivity contribution in [2.45, 2.75) is 62.9 Å². The Bertz CT molecular complexity index is 1250. The highest BCUT2D eigenvalue weighted by atomic mass is 35.5. The van der Waals surface area contributed by atoms with Crippen LogP contribution in [0.2, 0.25) is 10.0 Å². The van der Waals surface area contributed by atoms with E-state index in [9.17, 15) is 9.59 Å². The number of nitrogens with one attached hydrogen (secondary N) is 1. The number of rotatable bonds is 12. The largest absolute Gasteiger partial charge is 0.497 e. The van der Waals surface area contributed by atoms with Gasteiger partial charge in [-0.3, -0.25) is 9.59 Å². The van der Waals surface area contributed by atoms with Crippen molar-refractivity contribution >= 4 is 46.8 Å². The number of nitrogens with zero attached hydrogens (tertiary/aromatic N) is 1. The Morgan fingerprint density at radius 3 is 2.33 bits per heavy atom. The quantitative estimate of drug-likeness (QED) is 0.237. The Labute approximate surface area is 251 Å². The van der Waals surface area contributed by atoms with Crippen molar-refractivity contribution < 1.29 is 14.3 Å². The van der Waals surface area contributed by atoms with Gasteiger partial charge in [-0.05, 0) is 53.8 Å². The second-order valence-corrected chi connectivity index (χ2v) is 11.9. The summed E-state index contributed by atoms with van der Waals surface area (Å²) in [5, 5.41) is 4.44. The Morgan fingerprint density at radius 1 is 0.950 bits per heavy atom. The molecule has 1 unspecified atom stereocenters. The summed E-state index contributed by atoms with van der Waals surface area (Å²) < 4.78 is 5.43. The highest BCUT2D eigenvalue weighted by molar-refractivity contribution is 7.99. The van der Waals surface area contributed by atoms with Crippen LogP contribution in [0.3, 0.4) is 0 Å². The molecule has 1 atom stereocenters. The molecule has 40 heavy (non-hydrogen) atoms. The molecule has 2 amide bonds. The van der Waals surface area contributed by atoms with Gasteiger partial charge in [-0.15, -0.1) is 11.8 Å². The van der Waals surface area contributed by atoms with Gasteiger partial charge >= 0.3 is 0 Å². The first kappa shape index (κ1) is 30.3. The van der Waals surface area contributed by atoms with Crippen LogP contribution < -0.4 is 10.1 Å². The lowest BCUT2D eigenvalue weighted by molar-refractivity contribution is -0.139. The van der Waals surface area contributed by atoms with Gasteiger partial charge in [-0.2, -0.15) is 0 Å². The van der Waals surface area contributed by atoms with Crippen LogP contribution in [0.5, 0.6) is 5.75 Å². The van der Waals surface area contributed by atoms with E-state index in [4.69, 9.17) is 27.9 Å². The van der Waals surface area contributed by atoms with Gasteiger partial charge in [0.25, 0.3) is 0 Å². The maximum absolute atomic E-state index is 13.9. The number of halogens is 2. The van der Waals surface area contributed by atoms with Crippen molar-refractivity contribution in [1.29, 1.82) is 0 Å². The molecule has 8 heteroatoms. The molecule has 3 aromatic carbocycles. The SMILES string of the molecule is COc1cccc(CN(C(=O)CSCc2c(Cl)cccc2Cl)C(Cc2ccccc2)C(=O)NC2CCCCC2)c1. The number of carbonyl (C=O) groups is 2. The van der Waals surface area contributed by atoms with Gasteiger partial charge in [-0.1, -0.05) is 91.0 Å². The van der Waals surface area contributed by atoms with Crippen LogP contribution in [-0.4, -0.2) is 41.7 Å². The van der Waals surface area contributed by atoms with Gasteiger partial charge in [0.05, 0.1) is 12.9 Å². The molecule has 0 radical (unpaired) electrons. The van der Waals surface area contributed by atoms with E-state index in [1.165, 1.54) is 18.2 Å². The third-order valence-electron chi connectivity index (χ3n) is 7.24. The second-order valence-electron chi connectivity index (χ2n) is 10.1.